The second-order valence-electron chi connectivity index (χ2n) is 27.8. The van der Waals surface area contributed by atoms with Crippen molar-refractivity contribution < 1.29 is 0 Å². The molecule has 0 aliphatic heterocycles. The first-order valence-corrected chi connectivity index (χ1v) is 33.4. The van der Waals surface area contributed by atoms with Crippen molar-refractivity contribution in [2.75, 3.05) is 9.80 Å². The lowest BCUT2D eigenvalue weighted by Crippen LogP contribution is -2.16. The fourth-order valence-corrected chi connectivity index (χ4v) is 15.8. The van der Waals surface area contributed by atoms with Crippen molar-refractivity contribution in [2.45, 2.75) is 57.8 Å². The highest BCUT2D eigenvalue weighted by molar-refractivity contribution is 5.95. The molecular weight excluding hydrogens is 1150 g/mol. The third-order valence-corrected chi connectivity index (χ3v) is 20.9. The summed E-state index contributed by atoms with van der Waals surface area (Å²) in [6.45, 7) is 14.3. The summed E-state index contributed by atoms with van der Waals surface area (Å²) in [5, 5.41) is 4.91. The molecule has 0 aromatic heterocycles. The minimum absolute atomic E-state index is 0.175. The van der Waals surface area contributed by atoms with Gasteiger partial charge in [-0.3, -0.25) is 0 Å². The van der Waals surface area contributed by atoms with Crippen molar-refractivity contribution in [2.24, 2.45) is 0 Å². The summed E-state index contributed by atoms with van der Waals surface area (Å²) < 4.78 is 0. The van der Waals surface area contributed by atoms with Gasteiger partial charge in [-0.05, 0) is 206 Å². The summed E-state index contributed by atoms with van der Waals surface area (Å²) in [6.07, 6.45) is 9.21. The van der Waals surface area contributed by atoms with Crippen molar-refractivity contribution in [3.8, 4) is 55.6 Å². The highest BCUT2D eigenvalue weighted by Gasteiger charge is 2.39. The van der Waals surface area contributed by atoms with Gasteiger partial charge in [0.25, 0.3) is 0 Å². The number of fused-ring (bicyclic) bond motifs is 11. The van der Waals surface area contributed by atoms with E-state index in [0.717, 1.165) is 34.1 Å². The van der Waals surface area contributed by atoms with E-state index >= 15 is 0 Å². The smallest absolute Gasteiger partial charge is 0.0468 e. The molecule has 14 aromatic rings. The maximum absolute atomic E-state index is 2.44. The van der Waals surface area contributed by atoms with E-state index in [1.165, 1.54) is 133 Å². The fourth-order valence-electron chi connectivity index (χ4n) is 15.8. The minimum Gasteiger partial charge on any atom is -0.310 e. The standard InChI is InChI=1S/C93H72N2/c1-91(2)85-51-61(31-33-63-37-47-81-83-49-43-77(59-89(83)92(3,4)87(81)53-63)94(75-41-39-67-23-13-15-25-69(67)57-75)73-29-17-27-71(55-73)65-19-9-7-10-20-65)35-45-79(85)80-46-36-62(52-86(80)91)32-34-64-38-48-82-84-50-44-78(60-90(84)93(5,6)88(82)54-64)95(76-42-40-68-24-14-16-26-70(68)58-76)74-30-18-28-72(56-74)66-21-11-8-12-22-66/h7-60H,1-6H3/b33-31+,34-32+. The zero-order valence-corrected chi connectivity index (χ0v) is 54.6. The Labute approximate surface area is 558 Å². The molecule has 0 radical (unpaired) electrons. The predicted molar refractivity (Wildman–Crippen MR) is 405 cm³/mol. The van der Waals surface area contributed by atoms with E-state index in [1.807, 2.05) is 0 Å². The van der Waals surface area contributed by atoms with Crippen LogP contribution in [-0.4, -0.2) is 0 Å². The lowest BCUT2D eigenvalue weighted by atomic mass is 9.81. The topological polar surface area (TPSA) is 6.48 Å². The van der Waals surface area contributed by atoms with Gasteiger partial charge in [-0.2, -0.15) is 0 Å². The van der Waals surface area contributed by atoms with E-state index in [-0.39, 0.29) is 16.2 Å². The summed E-state index contributed by atoms with van der Waals surface area (Å²) >= 11 is 0. The molecule has 0 amide bonds. The third kappa shape index (κ3) is 9.94. The van der Waals surface area contributed by atoms with Crippen molar-refractivity contribution in [3.63, 3.8) is 0 Å². The SMILES string of the molecule is CC1(C)c2cc(/C=C/c3ccc4c(c3)C(C)(C)c3cc(N(c5cccc(-c6ccccc6)c5)c5ccc6ccccc6c5)ccc3-4)ccc2-c2ccc(/C=C/c3ccc4c(c3)C(C)(C)c3cc(N(c5cccc(-c6ccccc6)c5)c5ccc6ccccc6c5)ccc3-4)cc21. The molecular formula is C93H72N2. The van der Waals surface area contributed by atoms with Crippen LogP contribution in [-0.2, 0) is 16.2 Å². The molecule has 0 N–H and O–H groups in total. The summed E-state index contributed by atoms with van der Waals surface area (Å²) in [5.41, 5.74) is 31.8. The molecule has 454 valence electrons. The summed E-state index contributed by atoms with van der Waals surface area (Å²) in [6, 6.07) is 113. The first-order chi connectivity index (χ1) is 46.3. The Morgan fingerprint density at radius 2 is 0.463 bits per heavy atom. The normalized spacial score (nSPS) is 14.2. The molecule has 0 fully saturated rings. The largest absolute Gasteiger partial charge is 0.310 e. The van der Waals surface area contributed by atoms with E-state index in [9.17, 15) is 0 Å². The monoisotopic (exact) mass is 1220 g/mol. The van der Waals surface area contributed by atoms with Gasteiger partial charge in [0.2, 0.25) is 0 Å². The number of benzene rings is 14. The van der Waals surface area contributed by atoms with Gasteiger partial charge in [0, 0.05) is 50.4 Å². The Bertz CT molecular complexity index is 5130. The first kappa shape index (κ1) is 57.6. The molecule has 17 rings (SSSR count). The molecule has 0 bridgehead atoms. The molecule has 0 saturated carbocycles. The van der Waals surface area contributed by atoms with Gasteiger partial charge in [-0.1, -0.05) is 296 Å². The van der Waals surface area contributed by atoms with Crippen LogP contribution in [0, 0.1) is 0 Å². The molecule has 0 saturated heterocycles. The average Bonchev–Trinajstić information content (AvgIpc) is 1.60. The molecule has 0 heterocycles. The maximum Gasteiger partial charge on any atom is 0.0468 e. The molecule has 14 aromatic carbocycles. The van der Waals surface area contributed by atoms with Gasteiger partial charge >= 0.3 is 0 Å². The van der Waals surface area contributed by atoms with E-state index in [2.05, 4.69) is 379 Å². The molecule has 0 unspecified atom stereocenters. The number of rotatable bonds is 12. The fraction of sp³-hybridized carbons (Fsp3) is 0.0968. The number of anilines is 6. The number of hydrogen-bond donors (Lipinski definition) is 0. The average molecular weight is 1220 g/mol. The summed E-state index contributed by atoms with van der Waals surface area (Å²) in [7, 11) is 0. The van der Waals surface area contributed by atoms with Crippen LogP contribution in [0.2, 0.25) is 0 Å². The predicted octanol–water partition coefficient (Wildman–Crippen LogP) is 25.5. The third-order valence-electron chi connectivity index (χ3n) is 20.9. The zero-order valence-electron chi connectivity index (χ0n) is 54.6. The van der Waals surface area contributed by atoms with Crippen LogP contribution in [0.3, 0.4) is 0 Å². The highest BCUT2D eigenvalue weighted by Crippen LogP contribution is 2.55. The van der Waals surface area contributed by atoms with Crippen molar-refractivity contribution in [1.82, 2.24) is 0 Å². The Morgan fingerprint density at radius 3 is 0.811 bits per heavy atom. The van der Waals surface area contributed by atoms with Gasteiger partial charge < -0.3 is 9.80 Å². The molecule has 0 atom stereocenters. The molecule has 3 aliphatic rings. The van der Waals surface area contributed by atoms with Crippen LogP contribution in [0.4, 0.5) is 34.1 Å². The molecule has 0 spiro atoms. The molecule has 3 aliphatic carbocycles. The number of hydrogen-bond acceptors (Lipinski definition) is 2. The molecule has 2 nitrogen and oxygen atoms in total. The Balaban J connectivity index is 0.617. The van der Waals surface area contributed by atoms with Crippen LogP contribution in [0.25, 0.3) is 101 Å². The van der Waals surface area contributed by atoms with Crippen molar-refractivity contribution in [1.29, 1.82) is 0 Å². The minimum atomic E-state index is -0.222. The molecule has 2 heteroatoms. The van der Waals surface area contributed by atoms with Crippen LogP contribution in [0.1, 0.15) is 97.2 Å². The van der Waals surface area contributed by atoms with E-state index in [4.69, 9.17) is 0 Å². The Kier molecular flexibility index (Phi) is 13.6. The van der Waals surface area contributed by atoms with Gasteiger partial charge in [0.15, 0.2) is 0 Å². The van der Waals surface area contributed by atoms with Crippen molar-refractivity contribution in [3.05, 3.63) is 359 Å². The van der Waals surface area contributed by atoms with Crippen LogP contribution in [0.5, 0.6) is 0 Å². The van der Waals surface area contributed by atoms with Gasteiger partial charge in [0.1, 0.15) is 0 Å². The van der Waals surface area contributed by atoms with Crippen LogP contribution >= 0.6 is 0 Å². The summed E-state index contributed by atoms with van der Waals surface area (Å²) in [4.78, 5) is 4.86. The Morgan fingerprint density at radius 1 is 0.200 bits per heavy atom. The first-order valence-electron chi connectivity index (χ1n) is 33.4. The second kappa shape index (κ2) is 22.5. The lowest BCUT2D eigenvalue weighted by Gasteiger charge is -2.28. The van der Waals surface area contributed by atoms with Crippen LogP contribution < -0.4 is 9.80 Å². The highest BCUT2D eigenvalue weighted by atomic mass is 15.1. The van der Waals surface area contributed by atoms with Gasteiger partial charge in [-0.15, -0.1) is 0 Å². The molecule has 95 heavy (non-hydrogen) atoms. The van der Waals surface area contributed by atoms with E-state index < -0.39 is 0 Å². The summed E-state index contributed by atoms with van der Waals surface area (Å²) in [5.74, 6) is 0. The van der Waals surface area contributed by atoms with Gasteiger partial charge in [0.05, 0.1) is 0 Å². The van der Waals surface area contributed by atoms with E-state index in [1.54, 1.807) is 0 Å². The zero-order chi connectivity index (χ0) is 64.2. The lowest BCUT2D eigenvalue weighted by molar-refractivity contribution is 0.660. The second-order valence-corrected chi connectivity index (χ2v) is 27.8. The van der Waals surface area contributed by atoms with Gasteiger partial charge in [-0.25, -0.2) is 0 Å². The maximum atomic E-state index is 2.44. The van der Waals surface area contributed by atoms with Crippen molar-refractivity contribution >= 4 is 80.0 Å². The van der Waals surface area contributed by atoms with Crippen LogP contribution in [0.15, 0.2) is 303 Å². The number of nitrogens with zero attached hydrogens (tertiary/aromatic N) is 2. The Hall–Kier alpha value is -11.3. The van der Waals surface area contributed by atoms with E-state index in [0.29, 0.717) is 0 Å². The quantitative estimate of drug-likeness (QED) is 0.113.